The van der Waals surface area contributed by atoms with E-state index >= 15 is 0 Å². The highest BCUT2D eigenvalue weighted by atomic mass is 32.2. The van der Waals surface area contributed by atoms with Crippen LogP contribution in [0.1, 0.15) is 12.0 Å². The van der Waals surface area contributed by atoms with Crippen molar-refractivity contribution in [3.05, 3.63) is 29.8 Å². The van der Waals surface area contributed by atoms with Crippen LogP contribution in [0.2, 0.25) is 0 Å². The Morgan fingerprint density at radius 3 is 2.41 bits per heavy atom. The molecule has 0 aliphatic rings. The zero-order valence-electron chi connectivity index (χ0n) is 16.8. The zero-order chi connectivity index (χ0) is 20.1. The first-order chi connectivity index (χ1) is 12.9. The van der Waals surface area contributed by atoms with Gasteiger partial charge in [-0.3, -0.25) is 4.99 Å². The molecule has 0 aliphatic heterocycles. The molecule has 0 atom stereocenters. The number of nitrogens with zero attached hydrogens (tertiary/aromatic N) is 2. The van der Waals surface area contributed by atoms with E-state index in [1.807, 2.05) is 6.92 Å². The Hall–Kier alpha value is -1.68. The first-order valence-electron chi connectivity index (χ1n) is 9.07. The van der Waals surface area contributed by atoms with Crippen molar-refractivity contribution in [1.29, 1.82) is 0 Å². The normalized spacial score (nSPS) is 12.4. The van der Waals surface area contributed by atoms with E-state index in [1.165, 1.54) is 0 Å². The van der Waals surface area contributed by atoms with E-state index < -0.39 is 10.0 Å². The van der Waals surface area contributed by atoms with Crippen LogP contribution in [0.4, 0.5) is 0 Å². The third-order valence-corrected chi connectivity index (χ3v) is 5.42. The van der Waals surface area contributed by atoms with E-state index in [0.29, 0.717) is 12.5 Å². The molecule has 0 amide bonds. The van der Waals surface area contributed by atoms with E-state index in [9.17, 15) is 8.42 Å². The van der Waals surface area contributed by atoms with Crippen LogP contribution in [0.25, 0.3) is 0 Å². The van der Waals surface area contributed by atoms with Gasteiger partial charge in [-0.25, -0.2) is 13.1 Å². The highest BCUT2D eigenvalue weighted by Gasteiger charge is 2.12. The third-order valence-electron chi connectivity index (χ3n) is 3.94. The number of sulfonamides is 1. The summed E-state index contributed by atoms with van der Waals surface area (Å²) in [6.45, 7) is 6.00. The van der Waals surface area contributed by atoms with Crippen LogP contribution in [-0.4, -0.2) is 79.8 Å². The van der Waals surface area contributed by atoms with E-state index in [-0.39, 0.29) is 11.4 Å². The molecule has 3 N–H and O–H groups in total. The van der Waals surface area contributed by atoms with Crippen LogP contribution in [0.5, 0.6) is 0 Å². The number of nitrogens with one attached hydrogen (secondary N) is 3. The van der Waals surface area contributed by atoms with Crippen molar-refractivity contribution < 1.29 is 13.2 Å². The standard InChI is InChI=1S/C18H33N5O3S/c1-16-6-8-17(9-7-16)27(24,25)22-11-10-20-18(19-2)21-12-14-23(3)13-5-15-26-4/h6-9,22H,5,10-15H2,1-4H3,(H2,19,20,21). The molecule has 1 aromatic rings. The van der Waals surface area contributed by atoms with Gasteiger partial charge in [0.2, 0.25) is 10.0 Å². The first-order valence-corrected chi connectivity index (χ1v) is 10.6. The predicted octanol–water partition coefficient (Wildman–Crippen LogP) is 0.407. The lowest BCUT2D eigenvalue weighted by Crippen LogP contribution is -2.43. The highest BCUT2D eigenvalue weighted by Crippen LogP contribution is 2.09. The molecule has 154 valence electrons. The van der Waals surface area contributed by atoms with Gasteiger partial charge in [0.1, 0.15) is 0 Å². The van der Waals surface area contributed by atoms with Crippen LogP contribution >= 0.6 is 0 Å². The lowest BCUT2D eigenvalue weighted by molar-refractivity contribution is 0.180. The third kappa shape index (κ3) is 9.71. The van der Waals surface area contributed by atoms with E-state index in [0.717, 1.165) is 38.2 Å². The summed E-state index contributed by atoms with van der Waals surface area (Å²) < 4.78 is 32.1. The molecule has 0 saturated carbocycles. The van der Waals surface area contributed by atoms with Crippen molar-refractivity contribution in [3.8, 4) is 0 Å². The Balaban J connectivity index is 2.26. The maximum atomic E-state index is 12.2. The molecule has 0 saturated heterocycles. The van der Waals surface area contributed by atoms with Crippen molar-refractivity contribution in [2.24, 2.45) is 4.99 Å². The molecular formula is C18H33N5O3S. The molecule has 0 unspecified atom stereocenters. The number of likely N-dealkylation sites (N-methyl/N-ethyl adjacent to an activating group) is 1. The van der Waals surface area contributed by atoms with Crippen molar-refractivity contribution in [1.82, 2.24) is 20.3 Å². The Morgan fingerprint density at radius 2 is 1.78 bits per heavy atom. The number of hydrogen-bond donors (Lipinski definition) is 3. The maximum Gasteiger partial charge on any atom is 0.240 e. The maximum absolute atomic E-state index is 12.2. The van der Waals surface area contributed by atoms with Crippen LogP contribution in [-0.2, 0) is 14.8 Å². The summed E-state index contributed by atoms with van der Waals surface area (Å²) in [6.07, 6.45) is 1.00. The van der Waals surface area contributed by atoms with Gasteiger partial charge >= 0.3 is 0 Å². The van der Waals surface area contributed by atoms with E-state index in [1.54, 1.807) is 38.4 Å². The van der Waals surface area contributed by atoms with Crippen molar-refractivity contribution in [2.75, 3.05) is 60.5 Å². The Morgan fingerprint density at radius 1 is 1.11 bits per heavy atom. The van der Waals surface area contributed by atoms with Gasteiger partial charge in [0.15, 0.2) is 5.96 Å². The molecule has 0 aliphatic carbocycles. The number of aryl methyl sites for hydroxylation is 1. The molecule has 1 aromatic carbocycles. The van der Waals surface area contributed by atoms with Crippen LogP contribution in [0, 0.1) is 6.92 Å². The van der Waals surface area contributed by atoms with Crippen LogP contribution in [0.3, 0.4) is 0 Å². The predicted molar refractivity (Wildman–Crippen MR) is 110 cm³/mol. The summed E-state index contributed by atoms with van der Waals surface area (Å²) in [4.78, 5) is 6.63. The fourth-order valence-corrected chi connectivity index (χ4v) is 3.38. The lowest BCUT2D eigenvalue weighted by Gasteiger charge is -2.18. The SMILES string of the molecule is CN=C(NCCNS(=O)(=O)c1ccc(C)cc1)NCCN(C)CCCOC. The minimum atomic E-state index is -3.49. The average molecular weight is 400 g/mol. The monoisotopic (exact) mass is 399 g/mol. The minimum Gasteiger partial charge on any atom is -0.385 e. The number of ether oxygens (including phenoxy) is 1. The molecule has 0 heterocycles. The van der Waals surface area contributed by atoms with Gasteiger partial charge in [0.25, 0.3) is 0 Å². The number of methoxy groups -OCH3 is 1. The van der Waals surface area contributed by atoms with Crippen LogP contribution < -0.4 is 15.4 Å². The average Bonchev–Trinajstić information content (AvgIpc) is 2.64. The number of benzene rings is 1. The second-order valence-corrected chi connectivity index (χ2v) is 8.05. The number of guanidine groups is 1. The molecule has 0 radical (unpaired) electrons. The summed E-state index contributed by atoms with van der Waals surface area (Å²) in [7, 11) is 1.97. The molecule has 0 bridgehead atoms. The van der Waals surface area contributed by atoms with Gasteiger partial charge in [-0.2, -0.15) is 0 Å². The highest BCUT2D eigenvalue weighted by molar-refractivity contribution is 7.89. The summed E-state index contributed by atoms with van der Waals surface area (Å²) in [5.41, 5.74) is 1.02. The van der Waals surface area contributed by atoms with E-state index in [2.05, 4.69) is 32.3 Å². The molecule has 27 heavy (non-hydrogen) atoms. The van der Waals surface area contributed by atoms with Crippen LogP contribution in [0.15, 0.2) is 34.2 Å². The largest absolute Gasteiger partial charge is 0.385 e. The summed E-state index contributed by atoms with van der Waals surface area (Å²) in [5.74, 6) is 0.648. The van der Waals surface area contributed by atoms with Crippen molar-refractivity contribution in [2.45, 2.75) is 18.2 Å². The topological polar surface area (TPSA) is 95.1 Å². The quantitative estimate of drug-likeness (QED) is 0.268. The van der Waals surface area contributed by atoms with Gasteiger partial charge in [0.05, 0.1) is 4.90 Å². The first kappa shape index (κ1) is 23.4. The molecule has 1 rings (SSSR count). The molecular weight excluding hydrogens is 366 g/mol. The fourth-order valence-electron chi connectivity index (χ4n) is 2.34. The smallest absolute Gasteiger partial charge is 0.240 e. The van der Waals surface area contributed by atoms with Gasteiger partial charge < -0.3 is 20.3 Å². The molecule has 0 fully saturated rings. The number of rotatable bonds is 12. The Labute approximate surface area is 163 Å². The fraction of sp³-hybridized carbons (Fsp3) is 0.611. The van der Waals surface area contributed by atoms with Crippen molar-refractivity contribution in [3.63, 3.8) is 0 Å². The summed E-state index contributed by atoms with van der Waals surface area (Å²) in [6, 6.07) is 6.78. The summed E-state index contributed by atoms with van der Waals surface area (Å²) in [5, 5.41) is 6.32. The minimum absolute atomic E-state index is 0.270. The molecule has 0 aromatic heterocycles. The second-order valence-electron chi connectivity index (χ2n) is 6.29. The Kier molecular flexibility index (Phi) is 11.0. The van der Waals surface area contributed by atoms with Gasteiger partial charge in [-0.05, 0) is 32.5 Å². The second kappa shape index (κ2) is 12.7. The van der Waals surface area contributed by atoms with Crippen molar-refractivity contribution >= 4 is 16.0 Å². The Bertz CT molecular complexity index is 662. The summed E-state index contributed by atoms with van der Waals surface area (Å²) >= 11 is 0. The van der Waals surface area contributed by atoms with Gasteiger partial charge in [-0.15, -0.1) is 0 Å². The van der Waals surface area contributed by atoms with E-state index in [4.69, 9.17) is 4.74 Å². The molecule has 8 nitrogen and oxygen atoms in total. The molecule has 0 spiro atoms. The lowest BCUT2D eigenvalue weighted by atomic mass is 10.2. The zero-order valence-corrected chi connectivity index (χ0v) is 17.6. The van der Waals surface area contributed by atoms with Gasteiger partial charge in [-0.1, -0.05) is 17.7 Å². The van der Waals surface area contributed by atoms with Gasteiger partial charge in [0, 0.05) is 53.5 Å². The number of hydrogen-bond acceptors (Lipinski definition) is 5. The molecule has 9 heteroatoms. The number of aliphatic imine (C=N–C) groups is 1.